The van der Waals surface area contributed by atoms with Crippen molar-refractivity contribution >= 4 is 27.6 Å². The molecule has 1 unspecified atom stereocenters. The van der Waals surface area contributed by atoms with Crippen molar-refractivity contribution < 1.29 is 9.90 Å². The third kappa shape index (κ3) is 2.69. The number of carboxylic acid groups (broad SMARTS) is 1. The molecule has 4 heteroatoms. The molecule has 3 nitrogen and oxygen atoms in total. The minimum absolute atomic E-state index is 0.329. The van der Waals surface area contributed by atoms with Crippen molar-refractivity contribution in [3.8, 4) is 0 Å². The second-order valence-corrected chi connectivity index (χ2v) is 5.58. The summed E-state index contributed by atoms with van der Waals surface area (Å²) in [5.41, 5.74) is 1.45. The summed E-state index contributed by atoms with van der Waals surface area (Å²) < 4.78 is 0.878. The van der Waals surface area contributed by atoms with Gasteiger partial charge in [0, 0.05) is 17.1 Å². The highest BCUT2D eigenvalue weighted by Gasteiger charge is 2.22. The van der Waals surface area contributed by atoms with E-state index in [-0.39, 0.29) is 0 Å². The van der Waals surface area contributed by atoms with Crippen molar-refractivity contribution in [2.75, 3.05) is 11.4 Å². The lowest BCUT2D eigenvalue weighted by Crippen LogP contribution is -2.39. The lowest BCUT2D eigenvalue weighted by molar-refractivity contribution is 0.0697. The van der Waals surface area contributed by atoms with Crippen LogP contribution in [0.5, 0.6) is 0 Å². The molecular weight excluding hydrogens is 294 g/mol. The second kappa shape index (κ2) is 5.74. The fourth-order valence-corrected chi connectivity index (χ4v) is 3.22. The van der Waals surface area contributed by atoms with Gasteiger partial charge >= 0.3 is 5.97 Å². The molecule has 1 atom stereocenters. The zero-order valence-corrected chi connectivity index (χ0v) is 12.1. The quantitative estimate of drug-likeness (QED) is 0.920. The van der Waals surface area contributed by atoms with E-state index >= 15 is 0 Å². The Bertz CT molecular complexity index is 447. The van der Waals surface area contributed by atoms with Crippen LogP contribution in [0.2, 0.25) is 0 Å². The van der Waals surface area contributed by atoms with Gasteiger partial charge in [0.1, 0.15) is 0 Å². The molecule has 0 saturated carbocycles. The second-order valence-electron chi connectivity index (χ2n) is 4.72. The number of nitrogens with zero attached hydrogens (tertiary/aromatic N) is 1. The van der Waals surface area contributed by atoms with Crippen LogP contribution in [0.25, 0.3) is 0 Å². The summed E-state index contributed by atoms with van der Waals surface area (Å²) in [4.78, 5) is 13.3. The van der Waals surface area contributed by atoms with Gasteiger partial charge in [-0.1, -0.05) is 6.92 Å². The van der Waals surface area contributed by atoms with E-state index in [2.05, 4.69) is 27.8 Å². The van der Waals surface area contributed by atoms with Crippen LogP contribution in [0.4, 0.5) is 5.69 Å². The molecule has 0 radical (unpaired) electrons. The minimum atomic E-state index is -0.882. The van der Waals surface area contributed by atoms with Crippen LogP contribution in [0, 0.1) is 0 Å². The Morgan fingerprint density at radius 1 is 1.50 bits per heavy atom. The Balaban J connectivity index is 2.29. The number of anilines is 1. The highest BCUT2D eigenvalue weighted by atomic mass is 79.9. The smallest absolute Gasteiger partial charge is 0.335 e. The molecule has 1 aliphatic heterocycles. The number of benzene rings is 1. The average molecular weight is 312 g/mol. The molecule has 1 aliphatic rings. The third-order valence-electron chi connectivity index (χ3n) is 3.60. The summed E-state index contributed by atoms with van der Waals surface area (Å²) in [5.74, 6) is -0.882. The average Bonchev–Trinajstić information content (AvgIpc) is 2.38. The Hall–Kier alpha value is -1.03. The molecule has 0 spiro atoms. The van der Waals surface area contributed by atoms with Gasteiger partial charge in [0.15, 0.2) is 0 Å². The van der Waals surface area contributed by atoms with Gasteiger partial charge in [-0.15, -0.1) is 0 Å². The molecule has 2 rings (SSSR count). The maximum Gasteiger partial charge on any atom is 0.335 e. The Morgan fingerprint density at radius 3 is 2.89 bits per heavy atom. The number of aromatic carboxylic acids is 1. The minimum Gasteiger partial charge on any atom is -0.478 e. The molecule has 1 heterocycles. The van der Waals surface area contributed by atoms with Crippen molar-refractivity contribution in [1.82, 2.24) is 0 Å². The first kappa shape index (κ1) is 13.4. The lowest BCUT2D eigenvalue weighted by Gasteiger charge is -2.37. The van der Waals surface area contributed by atoms with E-state index in [1.165, 1.54) is 19.3 Å². The molecule has 1 N–H and O–H groups in total. The first-order chi connectivity index (χ1) is 8.63. The van der Waals surface area contributed by atoms with Gasteiger partial charge in [-0.25, -0.2) is 4.79 Å². The topological polar surface area (TPSA) is 40.5 Å². The van der Waals surface area contributed by atoms with E-state index in [4.69, 9.17) is 5.11 Å². The maximum absolute atomic E-state index is 10.9. The fraction of sp³-hybridized carbons (Fsp3) is 0.500. The van der Waals surface area contributed by atoms with Crippen LogP contribution >= 0.6 is 15.9 Å². The molecule has 0 aromatic heterocycles. The largest absolute Gasteiger partial charge is 0.478 e. The first-order valence-corrected chi connectivity index (χ1v) is 7.22. The van der Waals surface area contributed by atoms with Gasteiger partial charge in [-0.05, 0) is 59.8 Å². The highest BCUT2D eigenvalue weighted by Crippen LogP contribution is 2.33. The van der Waals surface area contributed by atoms with Gasteiger partial charge in [-0.3, -0.25) is 0 Å². The number of carboxylic acids is 1. The predicted molar refractivity (Wildman–Crippen MR) is 76.4 cm³/mol. The van der Waals surface area contributed by atoms with Crippen LogP contribution in [-0.2, 0) is 0 Å². The first-order valence-electron chi connectivity index (χ1n) is 6.43. The van der Waals surface area contributed by atoms with Crippen molar-refractivity contribution in [3.63, 3.8) is 0 Å². The molecule has 98 valence electrons. The number of piperidine rings is 1. The lowest BCUT2D eigenvalue weighted by atomic mass is 9.99. The van der Waals surface area contributed by atoms with Crippen molar-refractivity contribution in [2.45, 2.75) is 38.6 Å². The van der Waals surface area contributed by atoms with Crippen LogP contribution in [-0.4, -0.2) is 23.7 Å². The predicted octanol–water partition coefficient (Wildman–Crippen LogP) is 3.92. The van der Waals surface area contributed by atoms with Crippen LogP contribution in [0.1, 0.15) is 43.0 Å². The Kier molecular flexibility index (Phi) is 4.27. The molecule has 0 bridgehead atoms. The van der Waals surface area contributed by atoms with E-state index in [0.717, 1.165) is 23.1 Å². The molecule has 1 aromatic rings. The monoisotopic (exact) mass is 311 g/mol. The van der Waals surface area contributed by atoms with E-state index in [1.807, 2.05) is 6.07 Å². The van der Waals surface area contributed by atoms with E-state index < -0.39 is 5.97 Å². The molecule has 18 heavy (non-hydrogen) atoms. The summed E-state index contributed by atoms with van der Waals surface area (Å²) in [6.07, 6.45) is 4.86. The molecule has 0 aliphatic carbocycles. The normalized spacial score (nSPS) is 19.9. The standard InChI is InChI=1S/C14H18BrNO2/c1-2-11-5-3-4-8-16(11)13-7-6-10(14(17)18)9-12(13)15/h6-7,9,11H,2-5,8H2,1H3,(H,17,18). The molecule has 0 amide bonds. The van der Waals surface area contributed by atoms with Crippen LogP contribution < -0.4 is 4.90 Å². The number of halogens is 1. The van der Waals surface area contributed by atoms with Crippen molar-refractivity contribution in [3.05, 3.63) is 28.2 Å². The third-order valence-corrected chi connectivity index (χ3v) is 4.24. The SMILES string of the molecule is CCC1CCCCN1c1ccc(C(=O)O)cc1Br. The fourth-order valence-electron chi connectivity index (χ4n) is 2.62. The van der Waals surface area contributed by atoms with Crippen molar-refractivity contribution in [2.24, 2.45) is 0 Å². The summed E-state index contributed by atoms with van der Waals surface area (Å²) in [5, 5.41) is 8.97. The maximum atomic E-state index is 10.9. The highest BCUT2D eigenvalue weighted by molar-refractivity contribution is 9.10. The number of carbonyl (C=O) groups is 1. The molecule has 1 fully saturated rings. The Labute approximate surface area is 116 Å². The van der Waals surface area contributed by atoms with Gasteiger partial charge in [0.05, 0.1) is 11.3 Å². The summed E-state index contributed by atoms with van der Waals surface area (Å²) in [6.45, 7) is 3.27. The van der Waals surface area contributed by atoms with Gasteiger partial charge in [0.25, 0.3) is 0 Å². The summed E-state index contributed by atoms with van der Waals surface area (Å²) >= 11 is 3.50. The van der Waals surface area contributed by atoms with E-state index in [9.17, 15) is 4.79 Å². The van der Waals surface area contributed by atoms with Crippen LogP contribution in [0.15, 0.2) is 22.7 Å². The molecule has 1 saturated heterocycles. The van der Waals surface area contributed by atoms with Gasteiger partial charge in [-0.2, -0.15) is 0 Å². The van der Waals surface area contributed by atoms with Crippen LogP contribution in [0.3, 0.4) is 0 Å². The van der Waals surface area contributed by atoms with Gasteiger partial charge < -0.3 is 10.0 Å². The number of rotatable bonds is 3. The van der Waals surface area contributed by atoms with E-state index in [1.54, 1.807) is 12.1 Å². The number of hydrogen-bond acceptors (Lipinski definition) is 2. The van der Waals surface area contributed by atoms with Gasteiger partial charge in [0.2, 0.25) is 0 Å². The van der Waals surface area contributed by atoms with E-state index in [0.29, 0.717) is 11.6 Å². The Morgan fingerprint density at radius 2 is 2.28 bits per heavy atom. The zero-order chi connectivity index (χ0) is 13.1. The molecular formula is C14H18BrNO2. The zero-order valence-electron chi connectivity index (χ0n) is 10.5. The summed E-state index contributed by atoms with van der Waals surface area (Å²) in [6, 6.07) is 5.87. The molecule has 1 aromatic carbocycles. The van der Waals surface area contributed by atoms with Crippen molar-refractivity contribution in [1.29, 1.82) is 0 Å². The summed E-state index contributed by atoms with van der Waals surface area (Å²) in [7, 11) is 0. The number of hydrogen-bond donors (Lipinski definition) is 1.